The van der Waals surface area contributed by atoms with Gasteiger partial charge < -0.3 is 5.32 Å². The Balaban J connectivity index is 1.76. The van der Waals surface area contributed by atoms with Gasteiger partial charge in [0.25, 0.3) is 5.91 Å². The van der Waals surface area contributed by atoms with Gasteiger partial charge >= 0.3 is 0 Å². The van der Waals surface area contributed by atoms with Crippen molar-refractivity contribution in [1.82, 2.24) is 4.98 Å². The molecule has 1 N–H and O–H groups in total. The highest BCUT2D eigenvalue weighted by atomic mass is 32.2. The summed E-state index contributed by atoms with van der Waals surface area (Å²) in [4.78, 5) is 17.7. The van der Waals surface area contributed by atoms with Crippen LogP contribution in [0.5, 0.6) is 0 Å². The summed E-state index contributed by atoms with van der Waals surface area (Å²) in [6, 6.07) is 10.0. The van der Waals surface area contributed by atoms with E-state index in [4.69, 9.17) is 0 Å². The first kappa shape index (κ1) is 17.6. The minimum absolute atomic E-state index is 0.0810. The average Bonchev–Trinajstić information content (AvgIpc) is 2.97. The molecule has 25 heavy (non-hydrogen) atoms. The molecule has 0 aliphatic heterocycles. The van der Waals surface area contributed by atoms with Crippen molar-refractivity contribution >= 4 is 34.7 Å². The minimum atomic E-state index is -0.739. The van der Waals surface area contributed by atoms with Crippen LogP contribution in [0, 0.1) is 18.6 Å². The van der Waals surface area contributed by atoms with Gasteiger partial charge in [0, 0.05) is 27.8 Å². The molecule has 7 heteroatoms. The van der Waals surface area contributed by atoms with Crippen LogP contribution in [0.4, 0.5) is 14.5 Å². The molecule has 128 valence electrons. The Morgan fingerprint density at radius 2 is 1.92 bits per heavy atom. The number of thioether (sulfide) groups is 1. The lowest BCUT2D eigenvalue weighted by molar-refractivity contribution is 0.102. The number of benzene rings is 2. The van der Waals surface area contributed by atoms with E-state index in [0.29, 0.717) is 11.3 Å². The highest BCUT2D eigenvalue weighted by Gasteiger charge is 2.13. The third-order valence-electron chi connectivity index (χ3n) is 3.29. The summed E-state index contributed by atoms with van der Waals surface area (Å²) in [5.41, 5.74) is 1.48. The predicted molar refractivity (Wildman–Crippen MR) is 97.2 cm³/mol. The van der Waals surface area contributed by atoms with Crippen molar-refractivity contribution in [3.8, 4) is 0 Å². The van der Waals surface area contributed by atoms with Crippen LogP contribution in [0.2, 0.25) is 0 Å². The zero-order valence-corrected chi connectivity index (χ0v) is 14.9. The van der Waals surface area contributed by atoms with Crippen molar-refractivity contribution < 1.29 is 13.6 Å². The lowest BCUT2D eigenvalue weighted by atomic mass is 10.2. The number of hydrogen-bond acceptors (Lipinski definition) is 4. The fourth-order valence-corrected chi connectivity index (χ4v) is 3.89. The quantitative estimate of drug-likeness (QED) is 0.617. The predicted octanol–water partition coefficient (Wildman–Crippen LogP) is 5.27. The summed E-state index contributed by atoms with van der Waals surface area (Å²) in [6.45, 7) is 1.94. The number of thiazole rings is 1. The summed E-state index contributed by atoms with van der Waals surface area (Å²) in [5.74, 6) is -1.25. The molecule has 0 spiro atoms. The lowest BCUT2D eigenvalue weighted by Gasteiger charge is -2.10. The Kier molecular flexibility index (Phi) is 5.45. The molecule has 0 bridgehead atoms. The van der Waals surface area contributed by atoms with Crippen LogP contribution in [0.15, 0.2) is 52.7 Å². The summed E-state index contributed by atoms with van der Waals surface area (Å²) < 4.78 is 26.5. The number of rotatable bonds is 5. The summed E-state index contributed by atoms with van der Waals surface area (Å²) in [7, 11) is 0. The Morgan fingerprint density at radius 3 is 2.60 bits per heavy atom. The van der Waals surface area contributed by atoms with E-state index in [2.05, 4.69) is 10.3 Å². The maximum atomic E-state index is 13.3. The van der Waals surface area contributed by atoms with Crippen molar-refractivity contribution in [3.05, 3.63) is 75.7 Å². The monoisotopic (exact) mass is 376 g/mol. The van der Waals surface area contributed by atoms with Gasteiger partial charge in [-0.2, -0.15) is 0 Å². The standard InChI is InChI=1S/C18H14F2N2OS2/c1-11-21-15(9-24-11)10-25-17-5-3-2-4-16(17)18(23)22-14-7-12(19)6-13(20)8-14/h2-9H,10H2,1H3,(H,22,23). The third-order valence-corrected chi connectivity index (χ3v) is 5.22. The van der Waals surface area contributed by atoms with Crippen LogP contribution in [-0.2, 0) is 5.75 Å². The van der Waals surface area contributed by atoms with Crippen LogP contribution in [-0.4, -0.2) is 10.9 Å². The minimum Gasteiger partial charge on any atom is -0.322 e. The number of aromatic nitrogens is 1. The van der Waals surface area contributed by atoms with Gasteiger partial charge in [0.2, 0.25) is 0 Å². The van der Waals surface area contributed by atoms with Crippen LogP contribution < -0.4 is 5.32 Å². The summed E-state index contributed by atoms with van der Waals surface area (Å²) in [5, 5.41) is 5.52. The number of nitrogens with zero attached hydrogens (tertiary/aromatic N) is 1. The largest absolute Gasteiger partial charge is 0.322 e. The molecule has 0 saturated heterocycles. The van der Waals surface area contributed by atoms with Crippen LogP contribution in [0.1, 0.15) is 21.1 Å². The van der Waals surface area contributed by atoms with E-state index in [1.165, 1.54) is 11.8 Å². The molecule has 1 heterocycles. The number of anilines is 1. The number of aryl methyl sites for hydroxylation is 1. The highest BCUT2D eigenvalue weighted by Crippen LogP contribution is 2.27. The Hall–Kier alpha value is -2.25. The second-order valence-corrected chi connectivity index (χ2v) is 7.33. The molecule has 0 saturated carbocycles. The molecule has 0 aliphatic carbocycles. The number of carbonyl (C=O) groups excluding carboxylic acids is 1. The molecule has 0 radical (unpaired) electrons. The molecular weight excluding hydrogens is 362 g/mol. The molecule has 0 aliphatic rings. The molecule has 0 atom stereocenters. The van der Waals surface area contributed by atoms with E-state index in [-0.39, 0.29) is 5.69 Å². The van der Waals surface area contributed by atoms with Crippen molar-refractivity contribution in [2.45, 2.75) is 17.6 Å². The molecule has 0 fully saturated rings. The van der Waals surface area contributed by atoms with Crippen LogP contribution in [0.25, 0.3) is 0 Å². The van der Waals surface area contributed by atoms with E-state index in [1.807, 2.05) is 24.4 Å². The highest BCUT2D eigenvalue weighted by molar-refractivity contribution is 7.98. The number of nitrogens with one attached hydrogen (secondary N) is 1. The first-order valence-corrected chi connectivity index (χ1v) is 9.28. The fraction of sp³-hybridized carbons (Fsp3) is 0.111. The molecule has 1 aromatic heterocycles. The molecule has 2 aromatic carbocycles. The number of amides is 1. The van der Waals surface area contributed by atoms with Gasteiger partial charge in [-0.05, 0) is 31.2 Å². The van der Waals surface area contributed by atoms with Crippen molar-refractivity contribution in [1.29, 1.82) is 0 Å². The Bertz CT molecular complexity index is 891. The van der Waals surface area contributed by atoms with Crippen LogP contribution >= 0.6 is 23.1 Å². The zero-order chi connectivity index (χ0) is 17.8. The third kappa shape index (κ3) is 4.64. The molecular formula is C18H14F2N2OS2. The maximum Gasteiger partial charge on any atom is 0.256 e. The normalized spacial score (nSPS) is 10.7. The van der Waals surface area contributed by atoms with Gasteiger partial charge in [-0.25, -0.2) is 13.8 Å². The number of halogens is 2. The van der Waals surface area contributed by atoms with Gasteiger partial charge in [-0.15, -0.1) is 23.1 Å². The average molecular weight is 376 g/mol. The summed E-state index contributed by atoms with van der Waals surface area (Å²) in [6.07, 6.45) is 0. The maximum absolute atomic E-state index is 13.3. The van der Waals surface area contributed by atoms with E-state index in [0.717, 1.165) is 33.8 Å². The molecule has 3 nitrogen and oxygen atoms in total. The molecule has 3 rings (SSSR count). The molecule has 0 unspecified atom stereocenters. The molecule has 3 aromatic rings. The lowest BCUT2D eigenvalue weighted by Crippen LogP contribution is -2.13. The Labute approximate surface area is 152 Å². The second-order valence-electron chi connectivity index (χ2n) is 5.25. The second kappa shape index (κ2) is 7.76. The van der Waals surface area contributed by atoms with Gasteiger partial charge in [0.1, 0.15) is 11.6 Å². The van der Waals surface area contributed by atoms with E-state index in [1.54, 1.807) is 23.5 Å². The van der Waals surface area contributed by atoms with Crippen molar-refractivity contribution in [2.24, 2.45) is 0 Å². The number of hydrogen-bond donors (Lipinski definition) is 1. The number of carbonyl (C=O) groups is 1. The zero-order valence-electron chi connectivity index (χ0n) is 13.3. The van der Waals surface area contributed by atoms with Gasteiger partial charge in [-0.1, -0.05) is 12.1 Å². The Morgan fingerprint density at radius 1 is 1.20 bits per heavy atom. The van der Waals surface area contributed by atoms with Crippen LogP contribution in [0.3, 0.4) is 0 Å². The van der Waals surface area contributed by atoms with Gasteiger partial charge in [-0.3, -0.25) is 4.79 Å². The first-order valence-electron chi connectivity index (χ1n) is 7.41. The van der Waals surface area contributed by atoms with Gasteiger partial charge in [0.15, 0.2) is 0 Å². The first-order chi connectivity index (χ1) is 12.0. The van der Waals surface area contributed by atoms with E-state index >= 15 is 0 Å². The van der Waals surface area contributed by atoms with Crippen molar-refractivity contribution in [3.63, 3.8) is 0 Å². The SMILES string of the molecule is Cc1nc(CSc2ccccc2C(=O)Nc2cc(F)cc(F)c2)cs1. The van der Waals surface area contributed by atoms with Crippen molar-refractivity contribution in [2.75, 3.05) is 5.32 Å². The fourth-order valence-electron chi connectivity index (χ4n) is 2.23. The summed E-state index contributed by atoms with van der Waals surface area (Å²) >= 11 is 3.07. The van der Waals surface area contributed by atoms with E-state index < -0.39 is 17.5 Å². The topological polar surface area (TPSA) is 42.0 Å². The smallest absolute Gasteiger partial charge is 0.256 e. The van der Waals surface area contributed by atoms with E-state index in [9.17, 15) is 13.6 Å². The molecule has 1 amide bonds. The van der Waals surface area contributed by atoms with Gasteiger partial charge in [0.05, 0.1) is 16.3 Å².